The summed E-state index contributed by atoms with van der Waals surface area (Å²) in [6.07, 6.45) is 7.08. The molecule has 1 aromatic rings. The monoisotopic (exact) mass is 222 g/mol. The third-order valence-corrected chi connectivity index (χ3v) is 3.48. The van der Waals surface area contributed by atoms with E-state index in [9.17, 15) is 0 Å². The van der Waals surface area contributed by atoms with Crippen molar-refractivity contribution >= 4 is 0 Å². The van der Waals surface area contributed by atoms with Crippen LogP contribution in [0, 0.1) is 0 Å². The van der Waals surface area contributed by atoms with Gasteiger partial charge in [-0.2, -0.15) is 5.10 Å². The van der Waals surface area contributed by atoms with Crippen molar-refractivity contribution in [3.05, 3.63) is 17.5 Å². The molecular weight excluding hydrogens is 200 g/mol. The summed E-state index contributed by atoms with van der Waals surface area (Å²) in [7, 11) is 2.00. The van der Waals surface area contributed by atoms with E-state index in [0.29, 0.717) is 6.54 Å². The van der Waals surface area contributed by atoms with Crippen molar-refractivity contribution in [3.63, 3.8) is 0 Å². The maximum atomic E-state index is 5.71. The number of likely N-dealkylation sites (tertiary alicyclic amines) is 1. The van der Waals surface area contributed by atoms with Crippen molar-refractivity contribution in [2.75, 3.05) is 19.6 Å². The van der Waals surface area contributed by atoms with E-state index >= 15 is 0 Å². The fourth-order valence-electron chi connectivity index (χ4n) is 2.45. The van der Waals surface area contributed by atoms with Gasteiger partial charge in [0.1, 0.15) is 0 Å². The third-order valence-electron chi connectivity index (χ3n) is 3.48. The molecule has 16 heavy (non-hydrogen) atoms. The Kier molecular flexibility index (Phi) is 3.96. The minimum atomic E-state index is 0.600. The molecule has 1 fully saturated rings. The normalized spacial score (nSPS) is 17.9. The molecule has 4 nitrogen and oxygen atoms in total. The van der Waals surface area contributed by atoms with Gasteiger partial charge in [0.2, 0.25) is 0 Å². The van der Waals surface area contributed by atoms with Crippen LogP contribution in [-0.4, -0.2) is 34.3 Å². The standard InChI is InChI=1S/C12H22N4/c1-15-12(11(9-13)10-14-15)5-8-16-6-3-2-4-7-16/h10H,2-9,13H2,1H3. The van der Waals surface area contributed by atoms with Gasteiger partial charge in [-0.25, -0.2) is 0 Å². The zero-order valence-electron chi connectivity index (χ0n) is 10.2. The van der Waals surface area contributed by atoms with Gasteiger partial charge in [0.15, 0.2) is 0 Å². The van der Waals surface area contributed by atoms with Crippen molar-refractivity contribution in [1.29, 1.82) is 0 Å². The van der Waals surface area contributed by atoms with Gasteiger partial charge in [0, 0.05) is 37.8 Å². The molecule has 0 radical (unpaired) electrons. The van der Waals surface area contributed by atoms with E-state index in [1.165, 1.54) is 43.6 Å². The largest absolute Gasteiger partial charge is 0.326 e. The molecule has 4 heteroatoms. The summed E-state index contributed by atoms with van der Waals surface area (Å²) in [4.78, 5) is 2.55. The van der Waals surface area contributed by atoms with E-state index in [0.717, 1.165) is 13.0 Å². The number of hydrogen-bond donors (Lipinski definition) is 1. The van der Waals surface area contributed by atoms with Crippen molar-refractivity contribution in [2.24, 2.45) is 12.8 Å². The van der Waals surface area contributed by atoms with Crippen LogP contribution >= 0.6 is 0 Å². The van der Waals surface area contributed by atoms with Crippen LogP contribution in [-0.2, 0) is 20.0 Å². The van der Waals surface area contributed by atoms with Crippen LogP contribution in [0.1, 0.15) is 30.5 Å². The topological polar surface area (TPSA) is 47.1 Å². The average molecular weight is 222 g/mol. The Labute approximate surface area is 97.4 Å². The van der Waals surface area contributed by atoms with Crippen molar-refractivity contribution in [3.8, 4) is 0 Å². The first kappa shape index (κ1) is 11.6. The van der Waals surface area contributed by atoms with Gasteiger partial charge in [-0.1, -0.05) is 6.42 Å². The number of rotatable bonds is 4. The first-order valence-corrected chi connectivity index (χ1v) is 6.23. The second-order valence-corrected chi connectivity index (χ2v) is 4.60. The maximum absolute atomic E-state index is 5.71. The summed E-state index contributed by atoms with van der Waals surface area (Å²) < 4.78 is 1.96. The Bertz CT molecular complexity index is 326. The Hall–Kier alpha value is -0.870. The number of nitrogens with zero attached hydrogens (tertiary/aromatic N) is 3. The number of piperidine rings is 1. The molecular formula is C12H22N4. The van der Waals surface area contributed by atoms with Crippen LogP contribution in [0.4, 0.5) is 0 Å². The predicted octanol–water partition coefficient (Wildman–Crippen LogP) is 0.907. The number of aryl methyl sites for hydroxylation is 1. The summed E-state index contributed by atoms with van der Waals surface area (Å²) in [5.41, 5.74) is 8.20. The highest BCUT2D eigenvalue weighted by Gasteiger charge is 2.12. The zero-order chi connectivity index (χ0) is 11.4. The summed E-state index contributed by atoms with van der Waals surface area (Å²) in [6.45, 7) is 4.27. The second kappa shape index (κ2) is 5.46. The molecule has 0 aliphatic carbocycles. The average Bonchev–Trinajstić information content (AvgIpc) is 2.69. The highest BCUT2D eigenvalue weighted by Crippen LogP contribution is 2.12. The molecule has 2 N–H and O–H groups in total. The second-order valence-electron chi connectivity index (χ2n) is 4.60. The van der Waals surface area contributed by atoms with Crippen molar-refractivity contribution < 1.29 is 0 Å². The van der Waals surface area contributed by atoms with Gasteiger partial charge >= 0.3 is 0 Å². The smallest absolute Gasteiger partial charge is 0.0537 e. The molecule has 0 bridgehead atoms. The van der Waals surface area contributed by atoms with E-state index in [4.69, 9.17) is 5.73 Å². The molecule has 2 heterocycles. The molecule has 0 aromatic carbocycles. The SMILES string of the molecule is Cn1ncc(CN)c1CCN1CCCCC1. The van der Waals surface area contributed by atoms with Gasteiger partial charge in [0.25, 0.3) is 0 Å². The molecule has 2 rings (SSSR count). The summed E-state index contributed by atoms with van der Waals surface area (Å²) in [5, 5.41) is 4.27. The number of hydrogen-bond acceptors (Lipinski definition) is 3. The van der Waals surface area contributed by atoms with Crippen molar-refractivity contribution in [1.82, 2.24) is 14.7 Å². The van der Waals surface area contributed by atoms with E-state index in [1.807, 2.05) is 17.9 Å². The van der Waals surface area contributed by atoms with Gasteiger partial charge < -0.3 is 10.6 Å². The molecule has 1 aliphatic rings. The maximum Gasteiger partial charge on any atom is 0.0537 e. The lowest BCUT2D eigenvalue weighted by atomic mass is 10.1. The zero-order valence-corrected chi connectivity index (χ0v) is 10.2. The van der Waals surface area contributed by atoms with Crippen LogP contribution in [0.2, 0.25) is 0 Å². The van der Waals surface area contributed by atoms with Crippen LogP contribution in [0.15, 0.2) is 6.20 Å². The van der Waals surface area contributed by atoms with Crippen LogP contribution < -0.4 is 5.73 Å². The summed E-state index contributed by atoms with van der Waals surface area (Å²) in [6, 6.07) is 0. The Morgan fingerprint density at radius 2 is 2.06 bits per heavy atom. The van der Waals surface area contributed by atoms with Crippen molar-refractivity contribution in [2.45, 2.75) is 32.2 Å². The minimum absolute atomic E-state index is 0.600. The molecule has 0 spiro atoms. The molecule has 1 aliphatic heterocycles. The molecule has 0 amide bonds. The highest BCUT2D eigenvalue weighted by molar-refractivity contribution is 5.17. The molecule has 0 saturated carbocycles. The van der Waals surface area contributed by atoms with Crippen LogP contribution in [0.3, 0.4) is 0 Å². The van der Waals surface area contributed by atoms with Crippen LogP contribution in [0.25, 0.3) is 0 Å². The summed E-state index contributed by atoms with van der Waals surface area (Å²) in [5.74, 6) is 0. The molecule has 0 unspecified atom stereocenters. The van der Waals surface area contributed by atoms with Gasteiger partial charge in [0.05, 0.1) is 6.20 Å². The summed E-state index contributed by atoms with van der Waals surface area (Å²) >= 11 is 0. The lowest BCUT2D eigenvalue weighted by Gasteiger charge is -2.26. The van der Waals surface area contributed by atoms with Gasteiger partial charge in [-0.15, -0.1) is 0 Å². The predicted molar refractivity (Wildman–Crippen MR) is 65.1 cm³/mol. The molecule has 90 valence electrons. The molecule has 1 aromatic heterocycles. The molecule has 0 atom stereocenters. The van der Waals surface area contributed by atoms with E-state index in [2.05, 4.69) is 10.00 Å². The first-order valence-electron chi connectivity index (χ1n) is 6.23. The lowest BCUT2D eigenvalue weighted by molar-refractivity contribution is 0.230. The van der Waals surface area contributed by atoms with Gasteiger partial charge in [-0.3, -0.25) is 4.68 Å². The van der Waals surface area contributed by atoms with E-state index in [-0.39, 0.29) is 0 Å². The van der Waals surface area contributed by atoms with E-state index < -0.39 is 0 Å². The fourth-order valence-corrected chi connectivity index (χ4v) is 2.45. The molecule has 1 saturated heterocycles. The quantitative estimate of drug-likeness (QED) is 0.823. The highest BCUT2D eigenvalue weighted by atomic mass is 15.3. The first-order chi connectivity index (χ1) is 7.81. The fraction of sp³-hybridized carbons (Fsp3) is 0.750. The Morgan fingerprint density at radius 1 is 1.31 bits per heavy atom. The Balaban J connectivity index is 1.90. The lowest BCUT2D eigenvalue weighted by Crippen LogP contribution is -2.32. The third kappa shape index (κ3) is 2.62. The van der Waals surface area contributed by atoms with E-state index in [1.54, 1.807) is 0 Å². The number of aromatic nitrogens is 2. The van der Waals surface area contributed by atoms with Crippen LogP contribution in [0.5, 0.6) is 0 Å². The number of nitrogens with two attached hydrogens (primary N) is 1. The minimum Gasteiger partial charge on any atom is -0.326 e. The Morgan fingerprint density at radius 3 is 2.75 bits per heavy atom. The van der Waals surface area contributed by atoms with Gasteiger partial charge in [-0.05, 0) is 25.9 Å².